The van der Waals surface area contributed by atoms with Gasteiger partial charge in [0, 0.05) is 32.0 Å². The number of fused-ring (bicyclic) bond motifs is 3. The predicted molar refractivity (Wildman–Crippen MR) is 158 cm³/mol. The van der Waals surface area contributed by atoms with Crippen LogP contribution in [0.25, 0.3) is 5.65 Å². The highest BCUT2D eigenvalue weighted by atomic mass is 19.3. The molecule has 7 heterocycles. The van der Waals surface area contributed by atoms with E-state index in [-0.39, 0.29) is 29.4 Å². The maximum absolute atomic E-state index is 14.0. The summed E-state index contributed by atoms with van der Waals surface area (Å²) in [6.45, 7) is 6.66. The molecule has 2 bridgehead atoms. The van der Waals surface area contributed by atoms with Crippen molar-refractivity contribution in [3.63, 3.8) is 0 Å². The van der Waals surface area contributed by atoms with E-state index < -0.39 is 18.0 Å². The molecule has 4 fully saturated rings. The van der Waals surface area contributed by atoms with Gasteiger partial charge in [0.25, 0.3) is 12.3 Å². The van der Waals surface area contributed by atoms with Crippen molar-refractivity contribution < 1.29 is 18.3 Å². The number of nitrogens with zero attached hydrogens (tertiary/aromatic N) is 7. The first-order valence-corrected chi connectivity index (χ1v) is 15.9. The first-order valence-electron chi connectivity index (χ1n) is 15.9. The molecule has 11 nitrogen and oxygen atoms in total. The Morgan fingerprint density at radius 2 is 1.98 bits per heavy atom. The zero-order valence-corrected chi connectivity index (χ0v) is 24.5. The lowest BCUT2D eigenvalue weighted by atomic mass is 9.92. The Balaban J connectivity index is 0.971. The molecule has 2 N–H and O–H groups in total. The molecule has 4 aliphatic heterocycles. The molecule has 0 saturated carbocycles. The molecular formula is C30H41F2N9O2. The molecule has 0 aromatic carbocycles. The number of likely N-dealkylation sites (tertiary alicyclic amines) is 1. The molecule has 3 aromatic rings. The number of nitrogens with one attached hydrogen (secondary N) is 2. The fraction of sp³-hybridized carbons (Fsp3) is 0.667. The standard InChI is InChI=1S/C30H41F2N9O2/c31-28(32)27-25(18-41(37-27)21-6-12-38(13-7-21)11-2-1-3-20-4-9-33-10-5-20)35-30(42)24-16-34-40-14-8-26(36-29(24)40)39-17-23-15-22(39)19-43-23/h8,14,16,18,20-23,28,33H,1-7,9-13,15,17,19H2,(H,35,42)/t22-,23-/m1/s1. The van der Waals surface area contributed by atoms with Crippen molar-refractivity contribution in [2.24, 2.45) is 5.92 Å². The quantitative estimate of drug-likeness (QED) is 0.339. The van der Waals surface area contributed by atoms with Crippen molar-refractivity contribution in [1.29, 1.82) is 0 Å². The number of unbranched alkanes of at least 4 members (excludes halogenated alkanes) is 1. The number of carbonyl (C=O) groups is 1. The van der Waals surface area contributed by atoms with E-state index in [4.69, 9.17) is 9.72 Å². The highest BCUT2D eigenvalue weighted by molar-refractivity contribution is 6.08. The summed E-state index contributed by atoms with van der Waals surface area (Å²) in [6.07, 6.45) is 11.2. The van der Waals surface area contributed by atoms with E-state index in [2.05, 4.69) is 30.6 Å². The molecule has 1 amide bonds. The average Bonchev–Trinajstić information content (AvgIpc) is 3.84. The van der Waals surface area contributed by atoms with Crippen LogP contribution >= 0.6 is 0 Å². The van der Waals surface area contributed by atoms with Crippen molar-refractivity contribution in [2.45, 2.75) is 76.0 Å². The number of rotatable bonds is 10. The summed E-state index contributed by atoms with van der Waals surface area (Å²) >= 11 is 0. The molecule has 0 aliphatic carbocycles. The summed E-state index contributed by atoms with van der Waals surface area (Å²) in [4.78, 5) is 22.8. The third-order valence-corrected chi connectivity index (χ3v) is 9.74. The van der Waals surface area contributed by atoms with Gasteiger partial charge in [-0.25, -0.2) is 18.3 Å². The van der Waals surface area contributed by atoms with Crippen molar-refractivity contribution in [3.05, 3.63) is 35.9 Å². The monoisotopic (exact) mass is 597 g/mol. The maximum atomic E-state index is 14.0. The van der Waals surface area contributed by atoms with Gasteiger partial charge in [-0.2, -0.15) is 10.2 Å². The van der Waals surface area contributed by atoms with E-state index in [9.17, 15) is 13.6 Å². The Morgan fingerprint density at radius 1 is 1.14 bits per heavy atom. The topological polar surface area (TPSA) is 105 Å². The van der Waals surface area contributed by atoms with Crippen LogP contribution < -0.4 is 15.5 Å². The number of halogens is 2. The SMILES string of the molecule is O=C(Nc1cn(C2CCN(CCCCC3CCNCC3)CC2)nc1C(F)F)c1cnn2ccc(N3C[C@H]4C[C@@H]3CO4)nc12. The Kier molecular flexibility index (Phi) is 8.28. The van der Waals surface area contributed by atoms with Gasteiger partial charge in [-0.1, -0.05) is 12.8 Å². The van der Waals surface area contributed by atoms with Gasteiger partial charge in [-0.05, 0) is 70.1 Å². The number of piperidine rings is 2. The zero-order valence-electron chi connectivity index (χ0n) is 24.5. The number of amides is 1. The normalized spacial score (nSPS) is 23.7. The fourth-order valence-corrected chi connectivity index (χ4v) is 7.25. The second kappa shape index (κ2) is 12.4. The van der Waals surface area contributed by atoms with Crippen LogP contribution in [0.5, 0.6) is 0 Å². The summed E-state index contributed by atoms with van der Waals surface area (Å²) < 4.78 is 36.9. The number of morpholine rings is 1. The van der Waals surface area contributed by atoms with Crippen LogP contribution in [0.2, 0.25) is 0 Å². The molecule has 4 aliphatic rings. The second-order valence-electron chi connectivity index (χ2n) is 12.5. The molecule has 0 radical (unpaired) electrons. The van der Waals surface area contributed by atoms with Gasteiger partial charge in [-0.15, -0.1) is 0 Å². The molecule has 7 rings (SSSR count). The maximum Gasteiger partial charge on any atom is 0.284 e. The average molecular weight is 598 g/mol. The molecule has 232 valence electrons. The van der Waals surface area contributed by atoms with E-state index >= 15 is 0 Å². The van der Waals surface area contributed by atoms with Crippen molar-refractivity contribution >= 4 is 23.1 Å². The van der Waals surface area contributed by atoms with E-state index in [0.29, 0.717) is 12.3 Å². The molecule has 4 saturated heterocycles. The predicted octanol–water partition coefficient (Wildman–Crippen LogP) is 3.90. The fourth-order valence-electron chi connectivity index (χ4n) is 7.25. The summed E-state index contributed by atoms with van der Waals surface area (Å²) in [7, 11) is 0. The van der Waals surface area contributed by atoms with Crippen LogP contribution in [0.1, 0.15) is 79.9 Å². The molecule has 13 heteroatoms. The van der Waals surface area contributed by atoms with E-state index in [1.54, 1.807) is 17.1 Å². The first-order chi connectivity index (χ1) is 21.0. The van der Waals surface area contributed by atoms with E-state index in [0.717, 1.165) is 70.3 Å². The minimum Gasteiger partial charge on any atom is -0.374 e. The van der Waals surface area contributed by atoms with Crippen molar-refractivity contribution in [1.82, 2.24) is 34.6 Å². The van der Waals surface area contributed by atoms with Crippen LogP contribution in [0, 0.1) is 5.92 Å². The van der Waals surface area contributed by atoms with Gasteiger partial charge in [0.1, 0.15) is 11.4 Å². The number of alkyl halides is 2. The Bertz CT molecular complexity index is 1410. The summed E-state index contributed by atoms with van der Waals surface area (Å²) in [5.41, 5.74) is 0.230. The Labute approximate surface area is 249 Å². The van der Waals surface area contributed by atoms with Gasteiger partial charge in [0.2, 0.25) is 0 Å². The highest BCUT2D eigenvalue weighted by Gasteiger charge is 2.39. The largest absolute Gasteiger partial charge is 0.374 e. The molecule has 2 atom stereocenters. The number of anilines is 2. The number of hydrogen-bond acceptors (Lipinski definition) is 8. The smallest absolute Gasteiger partial charge is 0.284 e. The summed E-state index contributed by atoms with van der Waals surface area (Å²) in [6, 6.07) is 2.17. The lowest BCUT2D eigenvalue weighted by Gasteiger charge is -2.32. The molecule has 0 unspecified atom stereocenters. The van der Waals surface area contributed by atoms with Crippen LogP contribution in [-0.4, -0.2) is 93.2 Å². The third-order valence-electron chi connectivity index (χ3n) is 9.74. The lowest BCUT2D eigenvalue weighted by Crippen LogP contribution is -2.37. The second-order valence-corrected chi connectivity index (χ2v) is 12.5. The summed E-state index contributed by atoms with van der Waals surface area (Å²) in [5, 5.41) is 14.6. The van der Waals surface area contributed by atoms with Crippen LogP contribution in [0.3, 0.4) is 0 Å². The summed E-state index contributed by atoms with van der Waals surface area (Å²) in [5.74, 6) is 1.09. The number of ether oxygens (including phenoxy) is 1. The molecular weight excluding hydrogens is 556 g/mol. The third kappa shape index (κ3) is 6.12. The lowest BCUT2D eigenvalue weighted by molar-refractivity contribution is 0.0988. The van der Waals surface area contributed by atoms with E-state index in [1.807, 2.05) is 6.07 Å². The molecule has 3 aromatic heterocycles. The van der Waals surface area contributed by atoms with Crippen LogP contribution in [0.15, 0.2) is 24.7 Å². The zero-order chi connectivity index (χ0) is 29.3. The van der Waals surface area contributed by atoms with Gasteiger partial charge in [0.15, 0.2) is 11.3 Å². The Morgan fingerprint density at radius 3 is 2.72 bits per heavy atom. The van der Waals surface area contributed by atoms with Crippen LogP contribution in [0.4, 0.5) is 20.3 Å². The number of carbonyl (C=O) groups excluding carboxylic acids is 1. The molecule has 0 spiro atoms. The van der Waals surface area contributed by atoms with E-state index in [1.165, 1.54) is 42.8 Å². The van der Waals surface area contributed by atoms with Gasteiger partial charge in [0.05, 0.1) is 36.7 Å². The van der Waals surface area contributed by atoms with Gasteiger partial charge < -0.3 is 25.2 Å². The van der Waals surface area contributed by atoms with Gasteiger partial charge >= 0.3 is 0 Å². The van der Waals surface area contributed by atoms with Crippen molar-refractivity contribution in [3.8, 4) is 0 Å². The first kappa shape index (κ1) is 28.6. The van der Waals surface area contributed by atoms with Crippen molar-refractivity contribution in [2.75, 3.05) is 56.1 Å². The highest BCUT2D eigenvalue weighted by Crippen LogP contribution is 2.33. The Hall–Kier alpha value is -3.16. The minimum atomic E-state index is -2.81. The van der Waals surface area contributed by atoms with Crippen LogP contribution in [-0.2, 0) is 4.74 Å². The molecule has 43 heavy (non-hydrogen) atoms. The van der Waals surface area contributed by atoms with Gasteiger partial charge in [-0.3, -0.25) is 9.48 Å². The number of hydrogen-bond donors (Lipinski definition) is 2. The number of aromatic nitrogens is 5. The minimum absolute atomic E-state index is 0.0233.